The van der Waals surface area contributed by atoms with E-state index in [-0.39, 0.29) is 5.69 Å². The highest BCUT2D eigenvalue weighted by Crippen LogP contribution is 2.41. The number of allylic oxidation sites excluding steroid dienone is 1. The second kappa shape index (κ2) is 10.0. The summed E-state index contributed by atoms with van der Waals surface area (Å²) in [5.41, 5.74) is 4.48. The summed E-state index contributed by atoms with van der Waals surface area (Å²) in [5, 5.41) is 3.31. The largest absolute Gasteiger partial charge is 0.497 e. The summed E-state index contributed by atoms with van der Waals surface area (Å²) in [6.45, 7) is 5.97. The lowest BCUT2D eigenvalue weighted by Crippen LogP contribution is -2.10. The third kappa shape index (κ3) is 4.89. The first kappa shape index (κ1) is 24.0. The molecule has 1 N–H and O–H groups in total. The minimum atomic E-state index is -0.849. The van der Waals surface area contributed by atoms with E-state index in [1.54, 1.807) is 20.3 Å². The zero-order valence-corrected chi connectivity index (χ0v) is 19.9. The Morgan fingerprint density at radius 3 is 2.66 bits per heavy atom. The van der Waals surface area contributed by atoms with Crippen LogP contribution in [0.1, 0.15) is 25.0 Å². The van der Waals surface area contributed by atoms with Crippen molar-refractivity contribution < 1.29 is 27.5 Å². The number of anilines is 1. The molecule has 0 aliphatic carbocycles. The highest BCUT2D eigenvalue weighted by atomic mass is 19.1. The molecule has 1 heterocycles. The monoisotopic (exact) mass is 477 g/mol. The predicted molar refractivity (Wildman–Crippen MR) is 133 cm³/mol. The minimum absolute atomic E-state index is 0.104. The van der Waals surface area contributed by atoms with Gasteiger partial charge in [-0.2, -0.15) is 0 Å². The molecule has 0 spiro atoms. The molecule has 0 fully saturated rings. The van der Waals surface area contributed by atoms with Gasteiger partial charge in [-0.3, -0.25) is 4.79 Å². The van der Waals surface area contributed by atoms with Gasteiger partial charge in [0.25, 0.3) is 0 Å². The number of amides is 1. The Bertz CT molecular complexity index is 1440. The number of aryl methyl sites for hydroxylation is 1. The summed E-state index contributed by atoms with van der Waals surface area (Å²) in [5.74, 6) is -0.794. The van der Waals surface area contributed by atoms with Crippen molar-refractivity contribution in [2.24, 2.45) is 0 Å². The van der Waals surface area contributed by atoms with Crippen LogP contribution in [0.2, 0.25) is 0 Å². The number of hydrogen-bond acceptors (Lipinski definition) is 4. The summed E-state index contributed by atoms with van der Waals surface area (Å²) in [7, 11) is 1.61. The molecule has 180 valence electrons. The maximum absolute atomic E-state index is 14.0. The van der Waals surface area contributed by atoms with E-state index in [1.807, 2.05) is 44.2 Å². The average Bonchev–Trinajstić information content (AvgIpc) is 3.27. The molecule has 1 aromatic heterocycles. The molecule has 35 heavy (non-hydrogen) atoms. The molecule has 0 saturated carbocycles. The lowest BCUT2D eigenvalue weighted by molar-refractivity contribution is -0.111. The van der Waals surface area contributed by atoms with E-state index in [0.29, 0.717) is 29.1 Å². The molecule has 3 aromatic carbocycles. The van der Waals surface area contributed by atoms with Gasteiger partial charge in [-0.1, -0.05) is 12.1 Å². The fourth-order valence-corrected chi connectivity index (χ4v) is 3.99. The van der Waals surface area contributed by atoms with Gasteiger partial charge in [0.1, 0.15) is 28.7 Å². The van der Waals surface area contributed by atoms with Crippen LogP contribution >= 0.6 is 0 Å². The second-order valence-electron chi connectivity index (χ2n) is 8.01. The van der Waals surface area contributed by atoms with E-state index in [2.05, 4.69) is 5.32 Å². The van der Waals surface area contributed by atoms with Crippen LogP contribution in [-0.2, 0) is 4.79 Å². The molecule has 0 bridgehead atoms. The van der Waals surface area contributed by atoms with Crippen molar-refractivity contribution in [3.63, 3.8) is 0 Å². The van der Waals surface area contributed by atoms with Crippen molar-refractivity contribution in [1.29, 1.82) is 0 Å². The number of furan rings is 1. The first-order valence-electron chi connectivity index (χ1n) is 11.1. The molecular formula is C28H25F2NO4. The van der Waals surface area contributed by atoms with Gasteiger partial charge < -0.3 is 19.2 Å². The third-order valence-corrected chi connectivity index (χ3v) is 5.67. The first-order valence-corrected chi connectivity index (χ1v) is 11.1. The van der Waals surface area contributed by atoms with E-state index in [0.717, 1.165) is 40.0 Å². The molecule has 0 aliphatic heterocycles. The minimum Gasteiger partial charge on any atom is -0.497 e. The summed E-state index contributed by atoms with van der Waals surface area (Å²) < 4.78 is 44.4. The molecule has 1 amide bonds. The highest BCUT2D eigenvalue weighted by molar-refractivity contribution is 6.06. The highest BCUT2D eigenvalue weighted by Gasteiger charge is 2.19. The Morgan fingerprint density at radius 2 is 1.94 bits per heavy atom. The van der Waals surface area contributed by atoms with Gasteiger partial charge in [0, 0.05) is 34.2 Å². The van der Waals surface area contributed by atoms with Crippen LogP contribution < -0.4 is 14.8 Å². The number of nitrogens with one attached hydrogen (secondary N) is 1. The van der Waals surface area contributed by atoms with Gasteiger partial charge in [0.15, 0.2) is 0 Å². The average molecular weight is 478 g/mol. The lowest BCUT2D eigenvalue weighted by Gasteiger charge is -2.15. The van der Waals surface area contributed by atoms with E-state index in [9.17, 15) is 13.6 Å². The molecular weight excluding hydrogens is 452 g/mol. The summed E-state index contributed by atoms with van der Waals surface area (Å²) >= 11 is 0. The zero-order chi connectivity index (χ0) is 25.1. The Balaban J connectivity index is 1.78. The van der Waals surface area contributed by atoms with Crippen LogP contribution in [0.25, 0.3) is 27.7 Å². The summed E-state index contributed by atoms with van der Waals surface area (Å²) in [6.07, 6.45) is 3.05. The van der Waals surface area contributed by atoms with Gasteiger partial charge in [-0.25, -0.2) is 8.78 Å². The van der Waals surface area contributed by atoms with Gasteiger partial charge >= 0.3 is 0 Å². The Hall–Kier alpha value is -4.13. The SMILES string of the molecule is CCOc1c(/C(C)=C/C(=O)Nc2ccc(F)cc2F)cc2c(-c3cccc(OC)c3)coc2c1C. The Kier molecular flexibility index (Phi) is 6.87. The number of halogens is 2. The van der Waals surface area contributed by atoms with Crippen LogP contribution in [-0.4, -0.2) is 19.6 Å². The van der Waals surface area contributed by atoms with E-state index in [1.165, 1.54) is 12.1 Å². The molecule has 0 radical (unpaired) electrons. The predicted octanol–water partition coefficient (Wildman–Crippen LogP) is 7.14. The Morgan fingerprint density at radius 1 is 1.14 bits per heavy atom. The maximum Gasteiger partial charge on any atom is 0.248 e. The van der Waals surface area contributed by atoms with Crippen molar-refractivity contribution in [3.05, 3.63) is 83.6 Å². The quantitative estimate of drug-likeness (QED) is 0.288. The van der Waals surface area contributed by atoms with E-state index in [4.69, 9.17) is 13.9 Å². The van der Waals surface area contributed by atoms with Crippen molar-refractivity contribution in [2.45, 2.75) is 20.8 Å². The van der Waals surface area contributed by atoms with Crippen molar-refractivity contribution >= 4 is 28.1 Å². The van der Waals surface area contributed by atoms with Crippen molar-refractivity contribution in [2.75, 3.05) is 19.0 Å². The molecule has 4 aromatic rings. The molecule has 0 saturated heterocycles. The van der Waals surface area contributed by atoms with E-state index >= 15 is 0 Å². The number of benzene rings is 3. The van der Waals surface area contributed by atoms with Crippen LogP contribution in [0.4, 0.5) is 14.5 Å². The van der Waals surface area contributed by atoms with Gasteiger partial charge in [0.2, 0.25) is 5.91 Å². The zero-order valence-electron chi connectivity index (χ0n) is 19.9. The number of rotatable bonds is 7. The van der Waals surface area contributed by atoms with Gasteiger partial charge in [-0.15, -0.1) is 0 Å². The number of carbonyl (C=O) groups is 1. The number of methoxy groups -OCH3 is 1. The normalized spacial score (nSPS) is 11.5. The fraction of sp³-hybridized carbons (Fsp3) is 0.179. The molecule has 0 unspecified atom stereocenters. The van der Waals surface area contributed by atoms with Gasteiger partial charge in [-0.05, 0) is 62.2 Å². The number of ether oxygens (including phenoxy) is 2. The van der Waals surface area contributed by atoms with Crippen molar-refractivity contribution in [3.8, 4) is 22.6 Å². The smallest absolute Gasteiger partial charge is 0.248 e. The summed E-state index contributed by atoms with van der Waals surface area (Å²) in [4.78, 5) is 12.6. The first-order chi connectivity index (χ1) is 16.8. The standard InChI is InChI=1S/C28H25F2NO4/c1-5-34-27-17(3)28-22(23(15-35-28)18-7-6-8-20(12-18)33-4)14-21(27)16(2)11-26(32)31-25-10-9-19(29)13-24(25)30/h6-15H,5H2,1-4H3,(H,31,32)/b16-11+. The van der Waals surface area contributed by atoms with E-state index < -0.39 is 17.5 Å². The number of hydrogen-bond donors (Lipinski definition) is 1. The molecule has 0 atom stereocenters. The van der Waals surface area contributed by atoms with Crippen molar-refractivity contribution in [1.82, 2.24) is 0 Å². The summed E-state index contributed by atoms with van der Waals surface area (Å²) in [6, 6.07) is 12.6. The number of carbonyl (C=O) groups excluding carboxylic acids is 1. The molecule has 7 heteroatoms. The topological polar surface area (TPSA) is 60.7 Å². The fourth-order valence-electron chi connectivity index (χ4n) is 3.99. The second-order valence-corrected chi connectivity index (χ2v) is 8.01. The van der Waals surface area contributed by atoms with Crippen LogP contribution in [0.5, 0.6) is 11.5 Å². The van der Waals surface area contributed by atoms with Gasteiger partial charge in [0.05, 0.1) is 25.7 Å². The number of fused-ring (bicyclic) bond motifs is 1. The third-order valence-electron chi connectivity index (χ3n) is 5.67. The molecule has 0 aliphatic rings. The van der Waals surface area contributed by atoms with Crippen LogP contribution in [0.15, 0.2) is 65.3 Å². The Labute approximate surface area is 202 Å². The molecule has 4 rings (SSSR count). The lowest BCUT2D eigenvalue weighted by atomic mass is 9.96. The maximum atomic E-state index is 14.0. The van der Waals surface area contributed by atoms with Crippen LogP contribution in [0, 0.1) is 18.6 Å². The van der Waals surface area contributed by atoms with Crippen LogP contribution in [0.3, 0.4) is 0 Å². The molecule has 5 nitrogen and oxygen atoms in total.